The fourth-order valence-electron chi connectivity index (χ4n) is 10.6. The standard InChI is InChI=1S/C14H20N2.3C13H21N.3C12H19N/c1-10(16(3)4)9-13-11(2)15-14-8-6-5-7-12(13)14;1-10-6-7-13(8-11(10)2)9-12(3)14(4)5;1-10-6-7-13(11(2)8-10)9-12(3)14(4)5;1-10-6-7-11(2)13(8-10)9-12(3)14(4)5;1-10-5-7-12(8-6-10)9-11(2)13(3)4;1-10-6-5-7-12(8-10)9-11(2)13(3)4;1-10-7-5-6-8-12(10)9-11(2)13(3)4/h5-8,10,15H,9H2,1-4H3;3*6-8,12H,9H2,1-5H3;3*5-8,11H,9H2,1-4H3/t10-;3*12-;3*11-/m1111111/s1. The van der Waals surface area contributed by atoms with Crippen LogP contribution in [0.5, 0.6) is 0 Å². The van der Waals surface area contributed by atoms with E-state index >= 15 is 0 Å². The van der Waals surface area contributed by atoms with Gasteiger partial charge < -0.3 is 39.3 Å². The van der Waals surface area contributed by atoms with Crippen LogP contribution in [0.2, 0.25) is 0 Å². The third-order valence-electron chi connectivity index (χ3n) is 19.9. The molecule has 0 saturated carbocycles. The van der Waals surface area contributed by atoms with Crippen molar-refractivity contribution in [2.45, 2.75) is 205 Å². The minimum atomic E-state index is 0.568. The predicted molar refractivity (Wildman–Crippen MR) is 432 cm³/mol. The van der Waals surface area contributed by atoms with Gasteiger partial charge in [0, 0.05) is 58.9 Å². The molecule has 0 unspecified atom stereocenters. The van der Waals surface area contributed by atoms with Crippen LogP contribution in [0, 0.1) is 69.2 Å². The lowest BCUT2D eigenvalue weighted by Crippen LogP contribution is -2.26. The van der Waals surface area contributed by atoms with E-state index in [1.165, 1.54) is 106 Å². The van der Waals surface area contributed by atoms with E-state index in [0.29, 0.717) is 42.3 Å². The number of rotatable bonds is 21. The van der Waals surface area contributed by atoms with Gasteiger partial charge in [-0.1, -0.05) is 168 Å². The van der Waals surface area contributed by atoms with Gasteiger partial charge in [-0.05, 0) is 334 Å². The number of hydrogen-bond acceptors (Lipinski definition) is 7. The molecule has 0 bridgehead atoms. The smallest absolute Gasteiger partial charge is 0.0458 e. The van der Waals surface area contributed by atoms with Gasteiger partial charge >= 0.3 is 0 Å². The van der Waals surface area contributed by atoms with Crippen molar-refractivity contribution >= 4 is 10.9 Å². The van der Waals surface area contributed by atoms with Crippen molar-refractivity contribution in [2.24, 2.45) is 0 Å². The summed E-state index contributed by atoms with van der Waals surface area (Å²) in [5, 5.41) is 1.37. The fourth-order valence-corrected chi connectivity index (χ4v) is 10.6. The highest BCUT2D eigenvalue weighted by molar-refractivity contribution is 5.84. The van der Waals surface area contributed by atoms with Crippen LogP contribution in [0.25, 0.3) is 10.9 Å². The minimum Gasteiger partial charge on any atom is -0.358 e. The molecular weight excluding hydrogens is 1180 g/mol. The van der Waals surface area contributed by atoms with Gasteiger partial charge in [-0.15, -0.1) is 0 Å². The molecule has 0 aliphatic carbocycles. The Balaban J connectivity index is 0.000000386. The molecule has 1 N–H and O–H groups in total. The first-order valence-corrected chi connectivity index (χ1v) is 36.0. The zero-order valence-corrected chi connectivity index (χ0v) is 67.6. The molecule has 0 radical (unpaired) electrons. The maximum Gasteiger partial charge on any atom is 0.0458 e. The summed E-state index contributed by atoms with van der Waals surface area (Å²) in [7, 11) is 29.8. The van der Waals surface area contributed by atoms with E-state index in [0.717, 1.165) is 44.9 Å². The Kier molecular flexibility index (Phi) is 40.1. The number of likely N-dealkylation sites (N-methyl/N-ethyl adjacent to an activating group) is 7. The first-order chi connectivity index (χ1) is 45.4. The highest BCUT2D eigenvalue weighted by Gasteiger charge is 2.15. The molecule has 0 aliphatic heterocycles. The molecule has 1 aromatic heterocycles. The summed E-state index contributed by atoms with van der Waals surface area (Å²) in [4.78, 5) is 19.3. The molecule has 8 aromatic rings. The Bertz CT molecular complexity index is 3440. The second-order valence-electron chi connectivity index (χ2n) is 30.1. The minimum absolute atomic E-state index is 0.568. The van der Waals surface area contributed by atoms with Gasteiger partial charge in [0.1, 0.15) is 0 Å². The van der Waals surface area contributed by atoms with Gasteiger partial charge in [-0.2, -0.15) is 0 Å². The Hall–Kier alpha value is -6.20. The van der Waals surface area contributed by atoms with Crippen molar-refractivity contribution in [1.82, 2.24) is 39.3 Å². The molecule has 0 fully saturated rings. The van der Waals surface area contributed by atoms with Crippen LogP contribution in [0.15, 0.2) is 152 Å². The molecule has 536 valence electrons. The van der Waals surface area contributed by atoms with Crippen molar-refractivity contribution in [3.8, 4) is 0 Å². The number of H-pyrrole nitrogens is 1. The van der Waals surface area contributed by atoms with E-state index < -0.39 is 0 Å². The third-order valence-corrected chi connectivity index (χ3v) is 19.9. The van der Waals surface area contributed by atoms with E-state index in [2.05, 4.69) is 407 Å². The number of aryl methyl sites for hydroxylation is 10. The van der Waals surface area contributed by atoms with Gasteiger partial charge in [0.05, 0.1) is 0 Å². The SMILES string of the molecule is Cc1[nH]c2ccccc2c1C[C@@H](C)N(C)C.Cc1ccc(C)c(C[C@@H](C)N(C)C)c1.Cc1ccc(C[C@@H](C)N(C)C)c(C)c1.Cc1ccc(C[C@@H](C)N(C)C)cc1.Cc1ccc(C[C@@H](C)N(C)C)cc1C.Cc1cccc(C[C@@H](C)N(C)C)c1.Cc1ccccc1C[C@@H](C)N(C)C. The summed E-state index contributed by atoms with van der Waals surface area (Å²) in [6, 6.07) is 59.1. The van der Waals surface area contributed by atoms with E-state index in [1.807, 2.05) is 0 Å². The number of nitrogens with zero attached hydrogens (tertiary/aromatic N) is 7. The number of hydrogen-bond donors (Lipinski definition) is 1. The number of benzene rings is 7. The first kappa shape index (κ1) is 86.9. The molecular formula is C89H140N8. The van der Waals surface area contributed by atoms with Crippen LogP contribution < -0.4 is 0 Å². The first-order valence-electron chi connectivity index (χ1n) is 36.0. The maximum atomic E-state index is 3.45. The number of para-hydroxylation sites is 1. The highest BCUT2D eigenvalue weighted by Crippen LogP contribution is 2.24. The average molecular weight is 1320 g/mol. The molecule has 7 aromatic carbocycles. The molecule has 8 rings (SSSR count). The largest absolute Gasteiger partial charge is 0.358 e. The number of nitrogens with one attached hydrogen (secondary N) is 1. The lowest BCUT2D eigenvalue weighted by Gasteiger charge is -2.20. The molecule has 8 heteroatoms. The van der Waals surface area contributed by atoms with Crippen LogP contribution in [0.3, 0.4) is 0 Å². The Morgan fingerprint density at radius 1 is 0.258 bits per heavy atom. The molecule has 97 heavy (non-hydrogen) atoms. The van der Waals surface area contributed by atoms with Crippen LogP contribution in [0.4, 0.5) is 0 Å². The van der Waals surface area contributed by atoms with Crippen molar-refractivity contribution in [3.05, 3.63) is 246 Å². The normalized spacial score (nSPS) is 13.3. The molecule has 8 nitrogen and oxygen atoms in total. The van der Waals surface area contributed by atoms with Gasteiger partial charge in [0.15, 0.2) is 0 Å². The van der Waals surface area contributed by atoms with E-state index in [9.17, 15) is 0 Å². The van der Waals surface area contributed by atoms with Crippen molar-refractivity contribution in [3.63, 3.8) is 0 Å². The quantitative estimate of drug-likeness (QED) is 0.0768. The van der Waals surface area contributed by atoms with Crippen LogP contribution >= 0.6 is 0 Å². The summed E-state index contributed by atoms with van der Waals surface area (Å²) in [5.41, 5.74) is 25.1. The zero-order chi connectivity index (χ0) is 73.4. The predicted octanol–water partition coefficient (Wildman–Crippen LogP) is 18.8. The van der Waals surface area contributed by atoms with E-state index in [-0.39, 0.29) is 0 Å². The number of aromatic nitrogens is 1. The topological polar surface area (TPSA) is 38.5 Å². The van der Waals surface area contributed by atoms with Crippen molar-refractivity contribution in [1.29, 1.82) is 0 Å². The second kappa shape index (κ2) is 44.7. The number of aromatic amines is 1. The zero-order valence-electron chi connectivity index (χ0n) is 67.6. The van der Waals surface area contributed by atoms with Gasteiger partial charge in [0.25, 0.3) is 0 Å². The van der Waals surface area contributed by atoms with E-state index in [1.54, 1.807) is 0 Å². The third kappa shape index (κ3) is 33.9. The van der Waals surface area contributed by atoms with Crippen molar-refractivity contribution in [2.75, 3.05) is 98.7 Å². The Labute approximate surface area is 596 Å². The van der Waals surface area contributed by atoms with E-state index in [4.69, 9.17) is 0 Å². The summed E-state index contributed by atoms with van der Waals surface area (Å²) in [6.45, 7) is 37.5. The molecule has 0 aliphatic rings. The number of fused-ring (bicyclic) bond motifs is 1. The molecule has 1 heterocycles. The molecule has 0 amide bonds. The molecule has 0 spiro atoms. The Morgan fingerprint density at radius 2 is 0.629 bits per heavy atom. The van der Waals surface area contributed by atoms with Crippen molar-refractivity contribution < 1.29 is 0 Å². The van der Waals surface area contributed by atoms with Gasteiger partial charge in [-0.3, -0.25) is 0 Å². The van der Waals surface area contributed by atoms with Crippen LogP contribution in [0.1, 0.15) is 143 Å². The van der Waals surface area contributed by atoms with Gasteiger partial charge in [-0.25, -0.2) is 0 Å². The van der Waals surface area contributed by atoms with Crippen LogP contribution in [-0.2, 0) is 44.9 Å². The van der Waals surface area contributed by atoms with Gasteiger partial charge in [0.2, 0.25) is 0 Å². The lowest BCUT2D eigenvalue weighted by atomic mass is 9.99. The van der Waals surface area contributed by atoms with Crippen LogP contribution in [-0.4, -0.2) is 180 Å². The summed E-state index contributed by atoms with van der Waals surface area (Å²) in [6.07, 6.45) is 7.91. The molecule has 0 saturated heterocycles. The molecule has 7 atom stereocenters. The monoisotopic (exact) mass is 1320 g/mol. The maximum absolute atomic E-state index is 3.45. The highest BCUT2D eigenvalue weighted by atomic mass is 15.1. The summed E-state index contributed by atoms with van der Waals surface area (Å²) < 4.78 is 0. The Morgan fingerprint density at radius 3 is 1.11 bits per heavy atom. The second-order valence-corrected chi connectivity index (χ2v) is 30.1. The summed E-state index contributed by atoms with van der Waals surface area (Å²) >= 11 is 0. The summed E-state index contributed by atoms with van der Waals surface area (Å²) in [5.74, 6) is 0. The average Bonchev–Trinajstić information content (AvgIpc) is 1.67. The fraction of sp³-hybridized carbons (Fsp3) is 0.506. The lowest BCUT2D eigenvalue weighted by molar-refractivity contribution is 0.312.